The maximum Gasteiger partial charge on any atom is 0.303 e. The van der Waals surface area contributed by atoms with Crippen molar-refractivity contribution in [3.63, 3.8) is 0 Å². The molecule has 0 aromatic heterocycles. The first-order valence-electron chi connectivity index (χ1n) is 6.41. The zero-order chi connectivity index (χ0) is 15.4. The molecule has 0 bridgehead atoms. The molecule has 0 spiro atoms. The van der Waals surface area contributed by atoms with Gasteiger partial charge < -0.3 is 10.4 Å². The second-order valence-corrected chi connectivity index (χ2v) is 5.42. The molecule has 0 aliphatic carbocycles. The van der Waals surface area contributed by atoms with Crippen molar-refractivity contribution >= 4 is 29.2 Å². The molecule has 21 heavy (non-hydrogen) atoms. The minimum absolute atomic E-state index is 0.125. The summed E-state index contributed by atoms with van der Waals surface area (Å²) in [5, 5.41) is 20.4. The summed E-state index contributed by atoms with van der Waals surface area (Å²) >= 11 is 5.88. The van der Waals surface area contributed by atoms with E-state index in [0.29, 0.717) is 29.4 Å². The Morgan fingerprint density at radius 2 is 2.19 bits per heavy atom. The summed E-state index contributed by atoms with van der Waals surface area (Å²) in [6.07, 6.45) is 0.142. The predicted molar refractivity (Wildman–Crippen MR) is 77.0 cm³/mol. The molecule has 1 aromatic carbocycles. The smallest absolute Gasteiger partial charge is 0.303 e. The van der Waals surface area contributed by atoms with Crippen LogP contribution in [0.4, 0.5) is 5.69 Å². The monoisotopic (exact) mass is 307 g/mol. The van der Waals surface area contributed by atoms with E-state index in [4.69, 9.17) is 22.0 Å². The molecule has 1 fully saturated rings. The molecule has 110 valence electrons. The van der Waals surface area contributed by atoms with Gasteiger partial charge in [-0.25, -0.2) is 0 Å². The zero-order valence-corrected chi connectivity index (χ0v) is 11.9. The van der Waals surface area contributed by atoms with Crippen molar-refractivity contribution in [1.29, 1.82) is 5.26 Å². The van der Waals surface area contributed by atoms with Crippen LogP contribution < -0.4 is 5.32 Å². The van der Waals surface area contributed by atoms with Crippen LogP contribution in [0, 0.1) is 17.2 Å². The van der Waals surface area contributed by atoms with Gasteiger partial charge in [-0.3, -0.25) is 14.5 Å². The Morgan fingerprint density at radius 1 is 1.48 bits per heavy atom. The number of nitriles is 1. The normalized spacial score (nSPS) is 15.0. The van der Waals surface area contributed by atoms with E-state index in [2.05, 4.69) is 5.32 Å². The van der Waals surface area contributed by atoms with Gasteiger partial charge in [0, 0.05) is 18.8 Å². The Labute approximate surface area is 126 Å². The van der Waals surface area contributed by atoms with Crippen LogP contribution in [0.15, 0.2) is 18.2 Å². The fraction of sp³-hybridized carbons (Fsp3) is 0.357. The number of nitrogens with zero attached hydrogens (tertiary/aromatic N) is 2. The van der Waals surface area contributed by atoms with E-state index in [1.54, 1.807) is 12.1 Å². The van der Waals surface area contributed by atoms with Gasteiger partial charge in [-0.1, -0.05) is 11.6 Å². The summed E-state index contributed by atoms with van der Waals surface area (Å²) in [7, 11) is 0. The van der Waals surface area contributed by atoms with Gasteiger partial charge >= 0.3 is 5.97 Å². The number of aliphatic carboxylic acids is 1. The molecular formula is C14H14ClN3O3. The number of carboxylic acids is 1. The Morgan fingerprint density at radius 3 is 2.76 bits per heavy atom. The van der Waals surface area contributed by atoms with Crippen molar-refractivity contribution in [3.8, 4) is 6.07 Å². The highest BCUT2D eigenvalue weighted by Gasteiger charge is 2.29. The third-order valence-electron chi connectivity index (χ3n) is 3.24. The van der Waals surface area contributed by atoms with E-state index in [-0.39, 0.29) is 24.8 Å². The van der Waals surface area contributed by atoms with Gasteiger partial charge in [0.15, 0.2) is 0 Å². The first-order chi connectivity index (χ1) is 9.97. The van der Waals surface area contributed by atoms with E-state index in [1.807, 2.05) is 11.0 Å². The molecule has 1 saturated heterocycles. The molecule has 0 saturated carbocycles. The van der Waals surface area contributed by atoms with Crippen molar-refractivity contribution in [3.05, 3.63) is 28.8 Å². The summed E-state index contributed by atoms with van der Waals surface area (Å²) in [5.74, 6) is -0.875. The SMILES string of the molecule is N#Cc1ccc(NC(=O)CN2CC(CC(=O)O)C2)cc1Cl. The fourth-order valence-corrected chi connectivity index (χ4v) is 2.49. The number of anilines is 1. The zero-order valence-electron chi connectivity index (χ0n) is 11.2. The predicted octanol–water partition coefficient (Wildman–Crippen LogP) is 1.56. The second kappa shape index (κ2) is 6.57. The van der Waals surface area contributed by atoms with E-state index < -0.39 is 5.97 Å². The lowest BCUT2D eigenvalue weighted by Gasteiger charge is -2.37. The molecule has 1 aliphatic heterocycles. The average molecular weight is 308 g/mol. The van der Waals surface area contributed by atoms with Gasteiger partial charge in [0.25, 0.3) is 0 Å². The van der Waals surface area contributed by atoms with Gasteiger partial charge in [-0.15, -0.1) is 0 Å². The topological polar surface area (TPSA) is 93.4 Å². The van der Waals surface area contributed by atoms with Crippen LogP contribution in [-0.4, -0.2) is 41.5 Å². The van der Waals surface area contributed by atoms with Crippen molar-refractivity contribution < 1.29 is 14.7 Å². The van der Waals surface area contributed by atoms with E-state index >= 15 is 0 Å². The van der Waals surface area contributed by atoms with Crippen molar-refractivity contribution in [2.24, 2.45) is 5.92 Å². The molecule has 6 nitrogen and oxygen atoms in total. The van der Waals surface area contributed by atoms with Crippen LogP contribution in [-0.2, 0) is 9.59 Å². The number of rotatable bonds is 5. The molecule has 2 N–H and O–H groups in total. The number of benzene rings is 1. The second-order valence-electron chi connectivity index (χ2n) is 5.01. The number of nitrogens with one attached hydrogen (secondary N) is 1. The average Bonchev–Trinajstić information content (AvgIpc) is 2.36. The van der Waals surface area contributed by atoms with Gasteiger partial charge in [-0.05, 0) is 24.1 Å². The summed E-state index contributed by atoms with van der Waals surface area (Å²) in [5.41, 5.74) is 0.889. The molecule has 1 heterocycles. The third-order valence-corrected chi connectivity index (χ3v) is 3.55. The number of carbonyl (C=O) groups excluding carboxylic acids is 1. The highest BCUT2D eigenvalue weighted by Crippen LogP contribution is 2.21. The highest BCUT2D eigenvalue weighted by molar-refractivity contribution is 6.32. The van der Waals surface area contributed by atoms with Crippen LogP contribution in [0.1, 0.15) is 12.0 Å². The van der Waals surface area contributed by atoms with Crippen LogP contribution in [0.2, 0.25) is 5.02 Å². The largest absolute Gasteiger partial charge is 0.481 e. The molecule has 1 aromatic rings. The van der Waals surface area contributed by atoms with Gasteiger partial charge in [0.05, 0.1) is 23.6 Å². The van der Waals surface area contributed by atoms with Gasteiger partial charge in [0.1, 0.15) is 6.07 Å². The third kappa shape index (κ3) is 4.18. The number of halogens is 1. The lowest BCUT2D eigenvalue weighted by atomic mass is 9.96. The van der Waals surface area contributed by atoms with E-state index in [0.717, 1.165) is 0 Å². The minimum atomic E-state index is -0.809. The first-order valence-corrected chi connectivity index (χ1v) is 6.79. The fourth-order valence-electron chi connectivity index (χ4n) is 2.27. The van der Waals surface area contributed by atoms with Crippen molar-refractivity contribution in [1.82, 2.24) is 4.90 Å². The molecular weight excluding hydrogens is 294 g/mol. The number of amides is 1. The van der Waals surface area contributed by atoms with Gasteiger partial charge in [-0.2, -0.15) is 5.26 Å². The molecule has 0 radical (unpaired) electrons. The Balaban J connectivity index is 1.80. The summed E-state index contributed by atoms with van der Waals surface area (Å²) in [4.78, 5) is 24.2. The number of hydrogen-bond donors (Lipinski definition) is 2. The van der Waals surface area contributed by atoms with E-state index in [9.17, 15) is 9.59 Å². The standard InChI is InChI=1S/C14H14ClN3O3/c15-12-4-11(2-1-10(12)5-16)17-13(19)8-18-6-9(7-18)3-14(20)21/h1-2,4,9H,3,6-8H2,(H,17,19)(H,20,21). The molecule has 0 unspecified atom stereocenters. The Kier molecular flexibility index (Phi) is 4.78. The van der Waals surface area contributed by atoms with Crippen molar-refractivity contribution in [2.75, 3.05) is 25.0 Å². The summed E-state index contributed by atoms with van der Waals surface area (Å²) in [6.45, 7) is 1.45. The van der Waals surface area contributed by atoms with Crippen LogP contribution in [0.25, 0.3) is 0 Å². The summed E-state index contributed by atoms with van der Waals surface area (Å²) in [6, 6.07) is 6.64. The van der Waals surface area contributed by atoms with Crippen molar-refractivity contribution in [2.45, 2.75) is 6.42 Å². The maximum atomic E-state index is 11.8. The molecule has 2 rings (SSSR count). The lowest BCUT2D eigenvalue weighted by molar-refractivity contribution is -0.139. The highest BCUT2D eigenvalue weighted by atomic mass is 35.5. The minimum Gasteiger partial charge on any atom is -0.481 e. The van der Waals surface area contributed by atoms with Gasteiger partial charge in [0.2, 0.25) is 5.91 Å². The number of likely N-dealkylation sites (tertiary alicyclic amines) is 1. The number of carbonyl (C=O) groups is 2. The van der Waals surface area contributed by atoms with Crippen LogP contribution in [0.5, 0.6) is 0 Å². The molecule has 0 atom stereocenters. The quantitative estimate of drug-likeness (QED) is 0.861. The number of carboxylic acid groups (broad SMARTS) is 1. The summed E-state index contributed by atoms with van der Waals surface area (Å²) < 4.78 is 0. The lowest BCUT2D eigenvalue weighted by Crippen LogP contribution is -2.50. The Bertz CT molecular complexity index is 606. The maximum absolute atomic E-state index is 11.8. The van der Waals surface area contributed by atoms with Crippen LogP contribution in [0.3, 0.4) is 0 Å². The molecule has 1 aliphatic rings. The van der Waals surface area contributed by atoms with Crippen LogP contribution >= 0.6 is 11.6 Å². The van der Waals surface area contributed by atoms with E-state index in [1.165, 1.54) is 6.07 Å². The Hall–Kier alpha value is -2.10. The first kappa shape index (κ1) is 15.3. The number of hydrogen-bond acceptors (Lipinski definition) is 4. The molecule has 7 heteroatoms. The molecule has 1 amide bonds.